The largest absolute Gasteiger partial charge is 0.457 e. The highest BCUT2D eigenvalue weighted by Crippen LogP contribution is 2.51. The first-order valence-corrected chi connectivity index (χ1v) is 15.9. The summed E-state index contributed by atoms with van der Waals surface area (Å²) in [6.07, 6.45) is 10.9. The van der Waals surface area contributed by atoms with Crippen LogP contribution in [-0.2, 0) is 0 Å². The van der Waals surface area contributed by atoms with Crippen molar-refractivity contribution >= 4 is 32.2 Å². The zero-order valence-corrected chi connectivity index (χ0v) is 24.7. The Morgan fingerprint density at radius 2 is 1.36 bits per heavy atom. The van der Waals surface area contributed by atoms with Crippen molar-refractivity contribution in [2.75, 3.05) is 0 Å². The number of hydrogen-bond donors (Lipinski definition) is 0. The van der Waals surface area contributed by atoms with E-state index in [2.05, 4.69) is 145 Å². The first-order valence-electron chi connectivity index (χ1n) is 15.0. The molecule has 0 saturated heterocycles. The summed E-state index contributed by atoms with van der Waals surface area (Å²) in [5.74, 6) is 2.28. The van der Waals surface area contributed by atoms with Crippen molar-refractivity contribution in [3.8, 4) is 45.0 Å². The summed E-state index contributed by atoms with van der Waals surface area (Å²) in [7, 11) is 0. The topological polar surface area (TPSA) is 22.1 Å². The minimum Gasteiger partial charge on any atom is -0.457 e. The highest BCUT2D eigenvalue weighted by atomic mass is 32.1. The van der Waals surface area contributed by atoms with Crippen molar-refractivity contribution < 1.29 is 4.74 Å². The van der Waals surface area contributed by atoms with Crippen LogP contribution in [0.5, 0.6) is 11.5 Å². The summed E-state index contributed by atoms with van der Waals surface area (Å²) in [4.78, 5) is 4.83. The highest BCUT2D eigenvalue weighted by Gasteiger charge is 2.32. The molecule has 9 rings (SSSR count). The molecular formula is C41H27NOS. The van der Waals surface area contributed by atoms with E-state index in [1.54, 1.807) is 11.3 Å². The number of nitrogens with zero attached hydrogens (tertiary/aromatic N) is 1. The Kier molecular flexibility index (Phi) is 5.85. The second-order valence-corrected chi connectivity index (χ2v) is 12.5. The summed E-state index contributed by atoms with van der Waals surface area (Å²) in [5, 5.41) is 5.74. The third kappa shape index (κ3) is 4.12. The maximum absolute atomic E-state index is 6.72. The average Bonchev–Trinajstić information content (AvgIpc) is 3.50. The van der Waals surface area contributed by atoms with Crippen molar-refractivity contribution in [3.63, 3.8) is 0 Å². The predicted octanol–water partition coefficient (Wildman–Crippen LogP) is 11.5. The van der Waals surface area contributed by atoms with Crippen LogP contribution >= 0.6 is 11.3 Å². The quantitative estimate of drug-likeness (QED) is 0.207. The van der Waals surface area contributed by atoms with Crippen molar-refractivity contribution in [1.29, 1.82) is 0 Å². The summed E-state index contributed by atoms with van der Waals surface area (Å²) in [5.41, 5.74) is 9.31. The van der Waals surface area contributed by atoms with E-state index in [0.29, 0.717) is 0 Å². The smallest absolute Gasteiger partial charge is 0.131 e. The highest BCUT2D eigenvalue weighted by molar-refractivity contribution is 7.17. The predicted molar refractivity (Wildman–Crippen MR) is 184 cm³/mol. The van der Waals surface area contributed by atoms with Gasteiger partial charge in [-0.25, -0.2) is 0 Å². The van der Waals surface area contributed by atoms with Gasteiger partial charge < -0.3 is 4.74 Å². The second kappa shape index (κ2) is 10.2. The first-order chi connectivity index (χ1) is 21.8. The van der Waals surface area contributed by atoms with Gasteiger partial charge in [0, 0.05) is 44.8 Å². The minimum absolute atomic E-state index is 0.188. The van der Waals surface area contributed by atoms with E-state index in [1.165, 1.54) is 48.9 Å². The molecule has 0 bridgehead atoms. The Morgan fingerprint density at radius 1 is 0.568 bits per heavy atom. The van der Waals surface area contributed by atoms with Crippen LogP contribution in [0, 0.1) is 0 Å². The molecule has 44 heavy (non-hydrogen) atoms. The van der Waals surface area contributed by atoms with Gasteiger partial charge in [0.15, 0.2) is 0 Å². The van der Waals surface area contributed by atoms with E-state index in [9.17, 15) is 0 Å². The Bertz CT molecular complexity index is 2270. The fourth-order valence-electron chi connectivity index (χ4n) is 6.89. The molecule has 3 heterocycles. The van der Waals surface area contributed by atoms with Crippen LogP contribution < -0.4 is 4.74 Å². The zero-order valence-electron chi connectivity index (χ0n) is 23.9. The van der Waals surface area contributed by atoms with Crippen molar-refractivity contribution in [2.24, 2.45) is 0 Å². The fourth-order valence-corrected chi connectivity index (χ4v) is 7.71. The van der Waals surface area contributed by atoms with Gasteiger partial charge in [-0.1, -0.05) is 97.1 Å². The van der Waals surface area contributed by atoms with Gasteiger partial charge in [0.25, 0.3) is 0 Å². The number of ether oxygens (including phenoxy) is 1. The van der Waals surface area contributed by atoms with E-state index >= 15 is 0 Å². The summed E-state index contributed by atoms with van der Waals surface area (Å²) < 4.78 is 8.02. The van der Waals surface area contributed by atoms with Crippen LogP contribution in [0.1, 0.15) is 23.0 Å². The number of thiophene rings is 1. The number of pyridine rings is 1. The SMILES string of the molecule is C1=CC2c3cc(-c4ccc(-c5nccc6ccccc56)cc4-c4ccccc4)ccc3Oc3cc4ccsc4cc3C2C=C1. The van der Waals surface area contributed by atoms with Gasteiger partial charge in [-0.2, -0.15) is 0 Å². The third-order valence-electron chi connectivity index (χ3n) is 9.03. The molecule has 5 aromatic carbocycles. The number of aromatic nitrogens is 1. The Balaban J connectivity index is 1.21. The zero-order chi connectivity index (χ0) is 29.0. The lowest BCUT2D eigenvalue weighted by atomic mass is 9.78. The van der Waals surface area contributed by atoms with Gasteiger partial charge >= 0.3 is 0 Å². The van der Waals surface area contributed by atoms with Crippen LogP contribution in [0.4, 0.5) is 0 Å². The minimum atomic E-state index is 0.188. The molecule has 2 aromatic heterocycles. The number of rotatable bonds is 3. The van der Waals surface area contributed by atoms with Gasteiger partial charge in [-0.3, -0.25) is 4.98 Å². The Morgan fingerprint density at radius 3 is 2.25 bits per heavy atom. The monoisotopic (exact) mass is 581 g/mol. The van der Waals surface area contributed by atoms with E-state index in [-0.39, 0.29) is 11.8 Å². The average molecular weight is 582 g/mol. The summed E-state index contributed by atoms with van der Waals surface area (Å²) >= 11 is 1.79. The van der Waals surface area contributed by atoms with E-state index in [4.69, 9.17) is 9.72 Å². The Hall–Kier alpha value is -5.25. The molecule has 2 unspecified atom stereocenters. The van der Waals surface area contributed by atoms with Crippen molar-refractivity contribution in [2.45, 2.75) is 11.8 Å². The van der Waals surface area contributed by atoms with Crippen LogP contribution in [0.25, 0.3) is 54.4 Å². The molecule has 2 nitrogen and oxygen atoms in total. The summed E-state index contributed by atoms with van der Waals surface area (Å²) in [6, 6.07) is 41.4. The lowest BCUT2D eigenvalue weighted by molar-refractivity contribution is 0.479. The molecule has 7 aromatic rings. The number of allylic oxidation sites excluding steroid dienone is 4. The van der Waals surface area contributed by atoms with Gasteiger partial charge in [-0.15, -0.1) is 11.3 Å². The molecule has 1 aliphatic carbocycles. The lowest BCUT2D eigenvalue weighted by Gasteiger charge is -2.24. The molecule has 3 heteroatoms. The molecule has 0 amide bonds. The normalized spacial score (nSPS) is 16.6. The fraction of sp³-hybridized carbons (Fsp3) is 0.0488. The van der Waals surface area contributed by atoms with E-state index < -0.39 is 0 Å². The van der Waals surface area contributed by atoms with Crippen LogP contribution in [0.3, 0.4) is 0 Å². The van der Waals surface area contributed by atoms with Crippen molar-refractivity contribution in [3.05, 3.63) is 162 Å². The van der Waals surface area contributed by atoms with Gasteiger partial charge in [0.1, 0.15) is 11.5 Å². The number of hydrogen-bond acceptors (Lipinski definition) is 3. The molecule has 0 radical (unpaired) electrons. The molecular weight excluding hydrogens is 555 g/mol. The first kappa shape index (κ1) is 25.3. The van der Waals surface area contributed by atoms with Crippen LogP contribution in [0.15, 0.2) is 151 Å². The molecule has 2 aliphatic rings. The maximum atomic E-state index is 6.72. The van der Waals surface area contributed by atoms with Crippen molar-refractivity contribution in [1.82, 2.24) is 4.98 Å². The third-order valence-corrected chi connectivity index (χ3v) is 9.91. The number of fused-ring (bicyclic) bond motifs is 7. The van der Waals surface area contributed by atoms with Gasteiger partial charge in [0.05, 0.1) is 5.69 Å². The van der Waals surface area contributed by atoms with Crippen LogP contribution in [0.2, 0.25) is 0 Å². The standard InChI is InChI=1S/C41H27NOS/c1-2-8-26(9-3-1)35-23-30(41-32-11-5-4-10-27(32)18-20-42-41)14-16-31(35)28-15-17-38-36(22-28)33-12-6-7-13-34(33)37-25-40-29(19-21-44-40)24-39(37)43-38/h1-25,33-34H. The van der Waals surface area contributed by atoms with Crippen LogP contribution in [-0.4, -0.2) is 4.98 Å². The molecule has 2 atom stereocenters. The van der Waals surface area contributed by atoms with Gasteiger partial charge in [-0.05, 0) is 80.9 Å². The van der Waals surface area contributed by atoms with E-state index in [0.717, 1.165) is 28.1 Å². The maximum Gasteiger partial charge on any atom is 0.131 e. The summed E-state index contributed by atoms with van der Waals surface area (Å²) in [6.45, 7) is 0. The van der Waals surface area contributed by atoms with E-state index in [1.807, 2.05) is 6.20 Å². The second-order valence-electron chi connectivity index (χ2n) is 11.5. The molecule has 1 aliphatic heterocycles. The Labute approximate surface area is 260 Å². The molecule has 0 N–H and O–H groups in total. The molecule has 0 fully saturated rings. The molecule has 208 valence electrons. The molecule has 0 saturated carbocycles. The lowest BCUT2D eigenvalue weighted by Crippen LogP contribution is -2.08. The van der Waals surface area contributed by atoms with Gasteiger partial charge in [0.2, 0.25) is 0 Å². The molecule has 0 spiro atoms. The number of benzene rings is 5.